The van der Waals surface area contributed by atoms with Gasteiger partial charge in [0.1, 0.15) is 5.52 Å². The van der Waals surface area contributed by atoms with Gasteiger partial charge in [0.05, 0.1) is 17.4 Å². The van der Waals surface area contributed by atoms with Gasteiger partial charge in [0.25, 0.3) is 0 Å². The summed E-state index contributed by atoms with van der Waals surface area (Å²) >= 11 is 0. The van der Waals surface area contributed by atoms with Gasteiger partial charge in [-0.05, 0) is 24.3 Å². The summed E-state index contributed by atoms with van der Waals surface area (Å²) in [6.45, 7) is 0. The molecule has 0 fully saturated rings. The van der Waals surface area contributed by atoms with E-state index in [1.165, 1.54) is 0 Å². The quantitative estimate of drug-likeness (QED) is 0.596. The highest BCUT2D eigenvalue weighted by Gasteiger charge is 2.03. The van der Waals surface area contributed by atoms with Gasteiger partial charge in [0.15, 0.2) is 0 Å². The largest absolute Gasteiger partial charge is 0.265 e. The average molecular weight is 196 g/mol. The molecule has 3 aromatic heterocycles. The van der Waals surface area contributed by atoms with Crippen molar-refractivity contribution in [2.75, 3.05) is 0 Å². The molecule has 0 aliphatic rings. The summed E-state index contributed by atoms with van der Waals surface area (Å²) in [4.78, 5) is 8.21. The van der Waals surface area contributed by atoms with Gasteiger partial charge < -0.3 is 0 Å². The third-order valence-electron chi connectivity index (χ3n) is 2.25. The van der Waals surface area contributed by atoms with Crippen LogP contribution in [-0.4, -0.2) is 19.7 Å². The molecule has 4 heteroatoms. The maximum absolute atomic E-state index is 4.29. The summed E-state index contributed by atoms with van der Waals surface area (Å²) in [5.41, 5.74) is 2.89. The van der Waals surface area contributed by atoms with Crippen molar-refractivity contribution < 1.29 is 0 Å². The standard InChI is InChI=1S/C11H8N4/c1-2-11-10(13-5-1)8-14-15(11)9-3-6-12-7-4-9/h1-8H. The van der Waals surface area contributed by atoms with E-state index in [1.54, 1.807) is 24.8 Å². The molecule has 72 valence electrons. The van der Waals surface area contributed by atoms with Crippen molar-refractivity contribution in [2.24, 2.45) is 0 Å². The second-order valence-electron chi connectivity index (χ2n) is 3.17. The predicted molar refractivity (Wildman–Crippen MR) is 56.7 cm³/mol. The van der Waals surface area contributed by atoms with Crippen molar-refractivity contribution in [2.45, 2.75) is 0 Å². The van der Waals surface area contributed by atoms with E-state index in [0.717, 1.165) is 16.7 Å². The fraction of sp³-hybridized carbons (Fsp3) is 0. The molecule has 3 heterocycles. The van der Waals surface area contributed by atoms with Gasteiger partial charge in [-0.25, -0.2) is 4.68 Å². The van der Waals surface area contributed by atoms with Crippen LogP contribution in [0.4, 0.5) is 0 Å². The first-order chi connectivity index (χ1) is 7.45. The summed E-state index contributed by atoms with van der Waals surface area (Å²) < 4.78 is 1.85. The van der Waals surface area contributed by atoms with Gasteiger partial charge in [-0.3, -0.25) is 9.97 Å². The molecule has 0 N–H and O–H groups in total. The first kappa shape index (κ1) is 8.11. The fourth-order valence-electron chi connectivity index (χ4n) is 1.55. The van der Waals surface area contributed by atoms with Crippen LogP contribution in [0.1, 0.15) is 0 Å². The first-order valence-corrected chi connectivity index (χ1v) is 4.64. The Morgan fingerprint density at radius 3 is 2.73 bits per heavy atom. The molecule has 0 saturated carbocycles. The molecule has 0 saturated heterocycles. The van der Waals surface area contributed by atoms with Crippen LogP contribution in [0.15, 0.2) is 49.1 Å². The summed E-state index contributed by atoms with van der Waals surface area (Å²) in [7, 11) is 0. The number of rotatable bonds is 1. The van der Waals surface area contributed by atoms with Crippen LogP contribution in [0, 0.1) is 0 Å². The monoisotopic (exact) mass is 196 g/mol. The number of aromatic nitrogens is 4. The molecule has 0 bridgehead atoms. The van der Waals surface area contributed by atoms with E-state index >= 15 is 0 Å². The predicted octanol–water partition coefficient (Wildman–Crippen LogP) is 1.82. The van der Waals surface area contributed by atoms with Crippen molar-refractivity contribution in [3.63, 3.8) is 0 Å². The Labute approximate surface area is 86.2 Å². The SMILES string of the molecule is c1cnc2cnn(-c3ccncc3)c2c1. The summed E-state index contributed by atoms with van der Waals surface area (Å²) in [6, 6.07) is 7.73. The highest BCUT2D eigenvalue weighted by Crippen LogP contribution is 2.14. The summed E-state index contributed by atoms with van der Waals surface area (Å²) in [5.74, 6) is 0. The first-order valence-electron chi connectivity index (χ1n) is 4.64. The highest BCUT2D eigenvalue weighted by atomic mass is 15.3. The van der Waals surface area contributed by atoms with Crippen molar-refractivity contribution in [1.82, 2.24) is 19.7 Å². The van der Waals surface area contributed by atoms with E-state index in [4.69, 9.17) is 0 Å². The highest BCUT2D eigenvalue weighted by molar-refractivity contribution is 5.75. The van der Waals surface area contributed by atoms with Gasteiger partial charge >= 0.3 is 0 Å². The van der Waals surface area contributed by atoms with Crippen molar-refractivity contribution in [3.05, 3.63) is 49.1 Å². The minimum Gasteiger partial charge on any atom is -0.265 e. The minimum absolute atomic E-state index is 0.898. The maximum atomic E-state index is 4.29. The number of fused-ring (bicyclic) bond motifs is 1. The van der Waals surface area contributed by atoms with Gasteiger partial charge in [-0.15, -0.1) is 0 Å². The lowest BCUT2D eigenvalue weighted by atomic mass is 10.3. The lowest BCUT2D eigenvalue weighted by Crippen LogP contribution is -1.95. The topological polar surface area (TPSA) is 43.6 Å². The Balaban J connectivity index is 2.28. The van der Waals surface area contributed by atoms with Crippen LogP contribution in [0.3, 0.4) is 0 Å². The molecule has 0 aliphatic heterocycles. The Morgan fingerprint density at radius 1 is 1.00 bits per heavy atom. The zero-order valence-electron chi connectivity index (χ0n) is 7.91. The molecule has 0 spiro atoms. The Morgan fingerprint density at radius 2 is 1.87 bits per heavy atom. The Hall–Kier alpha value is -2.23. The molecule has 0 radical (unpaired) electrons. The van der Waals surface area contributed by atoms with Gasteiger partial charge in [-0.2, -0.15) is 5.10 Å². The van der Waals surface area contributed by atoms with Crippen LogP contribution in [-0.2, 0) is 0 Å². The summed E-state index contributed by atoms with van der Waals surface area (Å²) in [5, 5.41) is 4.29. The Kier molecular flexibility index (Phi) is 1.71. The van der Waals surface area contributed by atoms with Gasteiger partial charge in [-0.1, -0.05) is 0 Å². The van der Waals surface area contributed by atoms with Crippen LogP contribution in [0.25, 0.3) is 16.7 Å². The minimum atomic E-state index is 0.898. The fourth-order valence-corrected chi connectivity index (χ4v) is 1.55. The molecule has 0 amide bonds. The maximum Gasteiger partial charge on any atom is 0.109 e. The average Bonchev–Trinajstić information content (AvgIpc) is 2.74. The second-order valence-corrected chi connectivity index (χ2v) is 3.17. The molecule has 0 aromatic carbocycles. The zero-order chi connectivity index (χ0) is 10.1. The molecule has 15 heavy (non-hydrogen) atoms. The normalized spacial score (nSPS) is 10.7. The van der Waals surface area contributed by atoms with Gasteiger partial charge in [0.2, 0.25) is 0 Å². The molecule has 0 unspecified atom stereocenters. The molecule has 3 rings (SSSR count). The lowest BCUT2D eigenvalue weighted by Gasteiger charge is -2.01. The van der Waals surface area contributed by atoms with Crippen molar-refractivity contribution >= 4 is 11.0 Å². The Bertz CT molecular complexity index is 586. The lowest BCUT2D eigenvalue weighted by molar-refractivity contribution is 0.907. The third-order valence-corrected chi connectivity index (χ3v) is 2.25. The van der Waals surface area contributed by atoms with Crippen LogP contribution in [0.5, 0.6) is 0 Å². The third kappa shape index (κ3) is 1.27. The van der Waals surface area contributed by atoms with Crippen molar-refractivity contribution in [3.8, 4) is 5.69 Å². The number of pyridine rings is 2. The van der Waals surface area contributed by atoms with Crippen LogP contribution >= 0.6 is 0 Å². The van der Waals surface area contributed by atoms with E-state index in [1.807, 2.05) is 28.9 Å². The smallest absolute Gasteiger partial charge is 0.109 e. The van der Waals surface area contributed by atoms with E-state index in [0.29, 0.717) is 0 Å². The molecule has 0 atom stereocenters. The van der Waals surface area contributed by atoms with E-state index < -0.39 is 0 Å². The second kappa shape index (κ2) is 3.16. The van der Waals surface area contributed by atoms with Crippen LogP contribution < -0.4 is 0 Å². The zero-order valence-corrected chi connectivity index (χ0v) is 7.91. The van der Waals surface area contributed by atoms with Gasteiger partial charge in [0, 0.05) is 18.6 Å². The molecular weight excluding hydrogens is 188 g/mol. The number of hydrogen-bond acceptors (Lipinski definition) is 3. The van der Waals surface area contributed by atoms with Crippen molar-refractivity contribution in [1.29, 1.82) is 0 Å². The number of hydrogen-bond donors (Lipinski definition) is 0. The number of nitrogens with zero attached hydrogens (tertiary/aromatic N) is 4. The van der Waals surface area contributed by atoms with E-state index in [2.05, 4.69) is 15.1 Å². The molecule has 4 nitrogen and oxygen atoms in total. The molecular formula is C11H8N4. The molecule has 3 aromatic rings. The van der Waals surface area contributed by atoms with Crippen LogP contribution in [0.2, 0.25) is 0 Å². The molecule has 0 aliphatic carbocycles. The summed E-state index contributed by atoms with van der Waals surface area (Å²) in [6.07, 6.45) is 7.02. The van der Waals surface area contributed by atoms with E-state index in [9.17, 15) is 0 Å². The van der Waals surface area contributed by atoms with E-state index in [-0.39, 0.29) is 0 Å².